The maximum atomic E-state index is 5.21. The fourth-order valence-electron chi connectivity index (χ4n) is 5.12. The fraction of sp³-hybridized carbons (Fsp3) is 1.00. The Morgan fingerprint density at radius 2 is 0.694 bits per heavy atom. The number of likely N-dealkylation sites (tertiary alicyclic amines) is 2. The van der Waals surface area contributed by atoms with E-state index < -0.39 is 0 Å². The van der Waals surface area contributed by atoms with Gasteiger partial charge in [-0.15, -0.1) is 0 Å². The Labute approximate surface area is 226 Å². The van der Waals surface area contributed by atoms with E-state index in [9.17, 15) is 0 Å². The van der Waals surface area contributed by atoms with Gasteiger partial charge in [-0.25, -0.2) is 0 Å². The van der Waals surface area contributed by atoms with E-state index in [0.29, 0.717) is 6.04 Å². The molecule has 0 spiro atoms. The summed E-state index contributed by atoms with van der Waals surface area (Å²) < 4.78 is 5.21. The van der Waals surface area contributed by atoms with Crippen molar-refractivity contribution < 1.29 is 4.74 Å². The molecule has 4 aliphatic rings. The van der Waals surface area contributed by atoms with Crippen LogP contribution in [0.1, 0.15) is 87.5 Å². The first-order valence-corrected chi connectivity index (χ1v) is 15.3. The second kappa shape index (κ2) is 19.8. The van der Waals surface area contributed by atoms with Crippen molar-refractivity contribution in [1.29, 1.82) is 0 Å². The van der Waals surface area contributed by atoms with E-state index >= 15 is 0 Å². The molecule has 0 aromatic heterocycles. The third kappa shape index (κ3) is 15.2. The Morgan fingerprint density at radius 1 is 0.389 bits per heavy atom. The topological polar surface area (TPSA) is 25.4 Å². The Balaban J connectivity index is 0.000000241. The summed E-state index contributed by atoms with van der Waals surface area (Å²) in [5.74, 6) is 0. The Hall–Kier alpha value is -0.240. The number of piperazine rings is 1. The molecule has 6 heteroatoms. The maximum Gasteiger partial charge on any atom is 0.0594 e. The number of nitrogens with zero attached hydrogens (tertiary/aromatic N) is 5. The molecule has 216 valence electrons. The van der Waals surface area contributed by atoms with E-state index in [-0.39, 0.29) is 0 Å². The molecule has 36 heavy (non-hydrogen) atoms. The summed E-state index contributed by atoms with van der Waals surface area (Å²) in [4.78, 5) is 12.4. The molecular formula is C30H65N5O. The summed E-state index contributed by atoms with van der Waals surface area (Å²) in [6, 6.07) is 2.96. The van der Waals surface area contributed by atoms with Gasteiger partial charge in [-0.05, 0) is 114 Å². The highest BCUT2D eigenvalue weighted by molar-refractivity contribution is 4.72. The number of hydrogen-bond donors (Lipinski definition) is 0. The Bertz CT molecular complexity index is 466. The molecule has 0 unspecified atom stereocenters. The predicted molar refractivity (Wildman–Crippen MR) is 158 cm³/mol. The average Bonchev–Trinajstić information content (AvgIpc) is 3.42. The molecule has 4 aliphatic heterocycles. The molecular weight excluding hydrogens is 446 g/mol. The second-order valence-corrected chi connectivity index (χ2v) is 12.2. The van der Waals surface area contributed by atoms with Crippen molar-refractivity contribution in [3.63, 3.8) is 0 Å². The smallest absolute Gasteiger partial charge is 0.0594 e. The van der Waals surface area contributed by atoms with Gasteiger partial charge in [0.15, 0.2) is 0 Å². The van der Waals surface area contributed by atoms with E-state index in [0.717, 1.165) is 44.4 Å². The number of ether oxygens (including phenoxy) is 1. The van der Waals surface area contributed by atoms with Gasteiger partial charge in [-0.3, -0.25) is 9.80 Å². The molecule has 0 aromatic rings. The number of rotatable bonds is 4. The molecule has 0 atom stereocenters. The van der Waals surface area contributed by atoms with Gasteiger partial charge in [0.2, 0.25) is 0 Å². The van der Waals surface area contributed by atoms with Crippen LogP contribution in [0.4, 0.5) is 0 Å². The summed E-state index contributed by atoms with van der Waals surface area (Å²) >= 11 is 0. The number of likely N-dealkylation sites (N-methyl/N-ethyl adjacent to an activating group) is 1. The van der Waals surface area contributed by atoms with Crippen LogP contribution >= 0.6 is 0 Å². The van der Waals surface area contributed by atoms with Crippen molar-refractivity contribution in [2.75, 3.05) is 85.7 Å². The molecule has 0 radical (unpaired) electrons. The Morgan fingerprint density at radius 3 is 1.00 bits per heavy atom. The van der Waals surface area contributed by atoms with Crippen LogP contribution in [0.25, 0.3) is 0 Å². The summed E-state index contributed by atoms with van der Waals surface area (Å²) in [6.07, 6.45) is 7.11. The van der Waals surface area contributed by atoms with Gasteiger partial charge >= 0.3 is 0 Å². The first kappa shape index (κ1) is 33.8. The van der Waals surface area contributed by atoms with Crippen molar-refractivity contribution in [2.24, 2.45) is 0 Å². The van der Waals surface area contributed by atoms with Gasteiger partial charge in [0.25, 0.3) is 0 Å². The quantitative estimate of drug-likeness (QED) is 0.541. The molecule has 4 fully saturated rings. The molecule has 6 nitrogen and oxygen atoms in total. The summed E-state index contributed by atoms with van der Waals surface area (Å²) in [6.45, 7) is 32.4. The van der Waals surface area contributed by atoms with Gasteiger partial charge in [-0.2, -0.15) is 0 Å². The van der Waals surface area contributed by atoms with Gasteiger partial charge < -0.3 is 19.4 Å². The summed E-state index contributed by atoms with van der Waals surface area (Å²) in [7, 11) is 2.19. The van der Waals surface area contributed by atoms with Crippen LogP contribution in [0.5, 0.6) is 0 Å². The fourth-order valence-corrected chi connectivity index (χ4v) is 5.12. The lowest BCUT2D eigenvalue weighted by Gasteiger charge is -2.34. The first-order chi connectivity index (χ1) is 17.1. The standard InChI is InChI=1S/C8H18N2.C8H17N.C7H15NO.C7H15N/c1-8(2)10-6-4-9(3)5-7-10;1-8(2)9-6-4-3-5-7-9;1-7(2)8-3-5-9-6-4-8;1-7(2)8-5-3-4-6-8/h8H,4-7H2,1-3H3;8H,3-7H2,1-2H3;7H,3-6H2,1-2H3;7H,3-6H2,1-2H3. The van der Waals surface area contributed by atoms with Crippen LogP contribution in [-0.2, 0) is 4.74 Å². The highest BCUT2D eigenvalue weighted by Gasteiger charge is 2.16. The number of piperidine rings is 1. The number of morpholine rings is 1. The first-order valence-electron chi connectivity index (χ1n) is 15.3. The van der Waals surface area contributed by atoms with E-state index in [1.54, 1.807) is 0 Å². The van der Waals surface area contributed by atoms with Gasteiger partial charge in [0, 0.05) is 63.4 Å². The minimum Gasteiger partial charge on any atom is -0.379 e. The molecule has 0 aliphatic carbocycles. The van der Waals surface area contributed by atoms with Gasteiger partial charge in [0.05, 0.1) is 13.2 Å². The molecule has 4 saturated heterocycles. The average molecular weight is 512 g/mol. The van der Waals surface area contributed by atoms with E-state index in [2.05, 4.69) is 86.9 Å². The molecule has 0 N–H and O–H groups in total. The Kier molecular flexibility index (Phi) is 18.6. The normalized spacial score (nSPS) is 23.2. The molecule has 4 rings (SSSR count). The molecule has 4 heterocycles. The lowest BCUT2D eigenvalue weighted by atomic mass is 10.1. The van der Waals surface area contributed by atoms with Crippen LogP contribution in [0.15, 0.2) is 0 Å². The minimum absolute atomic E-state index is 0.689. The lowest BCUT2D eigenvalue weighted by molar-refractivity contribution is 0.0238. The molecule has 0 saturated carbocycles. The van der Waals surface area contributed by atoms with Crippen molar-refractivity contribution in [1.82, 2.24) is 24.5 Å². The molecule has 0 amide bonds. The molecule has 0 bridgehead atoms. The van der Waals surface area contributed by atoms with Crippen LogP contribution in [0, 0.1) is 0 Å². The van der Waals surface area contributed by atoms with Crippen molar-refractivity contribution in [3.8, 4) is 0 Å². The van der Waals surface area contributed by atoms with E-state index in [1.165, 1.54) is 84.5 Å². The summed E-state index contributed by atoms with van der Waals surface area (Å²) in [5, 5.41) is 0. The zero-order chi connectivity index (χ0) is 26.9. The van der Waals surface area contributed by atoms with Crippen LogP contribution in [0.2, 0.25) is 0 Å². The SMILES string of the molecule is CC(C)N1CCCC1.CC(C)N1CCCCC1.CC(C)N1CCN(C)CC1.CC(C)N1CCOCC1. The third-order valence-electron chi connectivity index (χ3n) is 8.04. The highest BCUT2D eigenvalue weighted by Crippen LogP contribution is 2.11. The second-order valence-electron chi connectivity index (χ2n) is 12.2. The minimum atomic E-state index is 0.689. The monoisotopic (exact) mass is 512 g/mol. The van der Waals surface area contributed by atoms with Crippen molar-refractivity contribution in [3.05, 3.63) is 0 Å². The lowest BCUT2D eigenvalue weighted by Crippen LogP contribution is -2.47. The zero-order valence-corrected chi connectivity index (χ0v) is 26.0. The van der Waals surface area contributed by atoms with Crippen LogP contribution < -0.4 is 0 Å². The van der Waals surface area contributed by atoms with Crippen molar-refractivity contribution >= 4 is 0 Å². The van der Waals surface area contributed by atoms with Crippen LogP contribution in [0.3, 0.4) is 0 Å². The highest BCUT2D eigenvalue weighted by atomic mass is 16.5. The third-order valence-corrected chi connectivity index (χ3v) is 8.04. The summed E-state index contributed by atoms with van der Waals surface area (Å²) in [5.41, 5.74) is 0. The van der Waals surface area contributed by atoms with Gasteiger partial charge in [-0.1, -0.05) is 6.42 Å². The van der Waals surface area contributed by atoms with E-state index in [1.807, 2.05) is 0 Å². The van der Waals surface area contributed by atoms with Crippen LogP contribution in [-0.4, -0.2) is 134 Å². The maximum absolute atomic E-state index is 5.21. The van der Waals surface area contributed by atoms with Gasteiger partial charge in [0.1, 0.15) is 0 Å². The molecule has 0 aromatic carbocycles. The largest absolute Gasteiger partial charge is 0.379 e. The van der Waals surface area contributed by atoms with Crippen molar-refractivity contribution in [2.45, 2.75) is 112 Å². The number of hydrogen-bond acceptors (Lipinski definition) is 6. The van der Waals surface area contributed by atoms with E-state index in [4.69, 9.17) is 4.74 Å². The predicted octanol–water partition coefficient (Wildman–Crippen LogP) is 4.74. The zero-order valence-electron chi connectivity index (χ0n) is 26.0.